The van der Waals surface area contributed by atoms with E-state index in [4.69, 9.17) is 9.84 Å². The largest absolute Gasteiger partial charge is 0.492 e. The highest BCUT2D eigenvalue weighted by Gasteiger charge is 2.02. The Balaban J connectivity index is 1.69. The molecule has 0 unspecified atom stereocenters. The Labute approximate surface area is 122 Å². The molecule has 1 aromatic heterocycles. The van der Waals surface area contributed by atoms with E-state index in [1.54, 1.807) is 18.3 Å². The lowest BCUT2D eigenvalue weighted by Gasteiger charge is -2.07. The van der Waals surface area contributed by atoms with Crippen molar-refractivity contribution in [3.63, 3.8) is 0 Å². The van der Waals surface area contributed by atoms with Crippen molar-refractivity contribution in [2.75, 3.05) is 13.2 Å². The van der Waals surface area contributed by atoms with Crippen molar-refractivity contribution in [3.8, 4) is 5.75 Å². The number of carboxylic acids is 1. The number of nitrogens with zero attached hydrogens (tertiary/aromatic N) is 2. The number of carbonyl (C=O) groups is 1. The fourth-order valence-electron chi connectivity index (χ4n) is 1.75. The van der Waals surface area contributed by atoms with Crippen molar-refractivity contribution in [2.24, 2.45) is 0 Å². The molecule has 0 aliphatic rings. The van der Waals surface area contributed by atoms with E-state index in [0.29, 0.717) is 25.4 Å². The maximum Gasteiger partial charge on any atom is 0.335 e. The number of ether oxygens (including phenoxy) is 1. The van der Waals surface area contributed by atoms with Gasteiger partial charge in [0.05, 0.1) is 11.3 Å². The lowest BCUT2D eigenvalue weighted by atomic mass is 10.2. The molecule has 0 aliphatic heterocycles. The summed E-state index contributed by atoms with van der Waals surface area (Å²) in [4.78, 5) is 19.0. The summed E-state index contributed by atoms with van der Waals surface area (Å²) >= 11 is 0. The number of carboxylic acid groups (broad SMARTS) is 1. The highest BCUT2D eigenvalue weighted by Crippen LogP contribution is 2.11. The SMILES string of the molecule is Cc1nccc(CNCCOc2ccc(C(=O)O)cc2)n1. The van der Waals surface area contributed by atoms with E-state index in [0.717, 1.165) is 11.5 Å². The molecule has 1 heterocycles. The normalized spacial score (nSPS) is 10.3. The summed E-state index contributed by atoms with van der Waals surface area (Å²) in [6.07, 6.45) is 1.74. The zero-order chi connectivity index (χ0) is 15.1. The van der Waals surface area contributed by atoms with Gasteiger partial charge in [-0.25, -0.2) is 14.8 Å². The van der Waals surface area contributed by atoms with E-state index < -0.39 is 5.97 Å². The minimum absolute atomic E-state index is 0.250. The van der Waals surface area contributed by atoms with E-state index in [9.17, 15) is 4.79 Å². The van der Waals surface area contributed by atoms with Gasteiger partial charge in [0.1, 0.15) is 18.2 Å². The molecule has 0 bridgehead atoms. The maximum absolute atomic E-state index is 10.7. The molecule has 2 aromatic rings. The van der Waals surface area contributed by atoms with Crippen molar-refractivity contribution in [1.29, 1.82) is 0 Å². The molecule has 6 nitrogen and oxygen atoms in total. The molecule has 0 saturated heterocycles. The molecular weight excluding hydrogens is 270 g/mol. The zero-order valence-electron chi connectivity index (χ0n) is 11.7. The van der Waals surface area contributed by atoms with Gasteiger partial charge in [0.25, 0.3) is 0 Å². The lowest BCUT2D eigenvalue weighted by molar-refractivity contribution is 0.0697. The number of aromatic nitrogens is 2. The quantitative estimate of drug-likeness (QED) is 0.753. The van der Waals surface area contributed by atoms with E-state index in [2.05, 4.69) is 15.3 Å². The molecule has 0 amide bonds. The number of benzene rings is 1. The van der Waals surface area contributed by atoms with Crippen molar-refractivity contribution in [3.05, 3.63) is 53.6 Å². The second kappa shape index (κ2) is 7.35. The van der Waals surface area contributed by atoms with Crippen LogP contribution in [0.3, 0.4) is 0 Å². The van der Waals surface area contributed by atoms with Crippen LogP contribution in [0.2, 0.25) is 0 Å². The third-order valence-corrected chi connectivity index (χ3v) is 2.79. The molecule has 0 spiro atoms. The Morgan fingerprint density at radius 3 is 2.71 bits per heavy atom. The predicted molar refractivity (Wildman–Crippen MR) is 77.4 cm³/mol. The second-order valence-electron chi connectivity index (χ2n) is 4.45. The van der Waals surface area contributed by atoms with Crippen LogP contribution in [-0.4, -0.2) is 34.2 Å². The molecule has 110 valence electrons. The van der Waals surface area contributed by atoms with Gasteiger partial charge in [-0.15, -0.1) is 0 Å². The highest BCUT2D eigenvalue weighted by atomic mass is 16.5. The van der Waals surface area contributed by atoms with Crippen LogP contribution in [0.15, 0.2) is 36.5 Å². The first-order valence-corrected chi connectivity index (χ1v) is 6.60. The molecule has 2 rings (SSSR count). The Bertz CT molecular complexity index is 599. The molecule has 21 heavy (non-hydrogen) atoms. The van der Waals surface area contributed by atoms with Crippen LogP contribution in [0, 0.1) is 6.92 Å². The summed E-state index contributed by atoms with van der Waals surface area (Å²) in [5.41, 5.74) is 1.19. The lowest BCUT2D eigenvalue weighted by Crippen LogP contribution is -2.21. The molecule has 0 atom stereocenters. The fraction of sp³-hybridized carbons (Fsp3) is 0.267. The summed E-state index contributed by atoms with van der Waals surface area (Å²) in [5.74, 6) is 0.465. The van der Waals surface area contributed by atoms with E-state index in [1.807, 2.05) is 13.0 Å². The molecule has 6 heteroatoms. The van der Waals surface area contributed by atoms with E-state index in [-0.39, 0.29) is 5.56 Å². The monoisotopic (exact) mass is 287 g/mol. The predicted octanol–water partition coefficient (Wildman–Crippen LogP) is 1.65. The Kier molecular flexibility index (Phi) is 5.22. The van der Waals surface area contributed by atoms with Crippen LogP contribution in [0.1, 0.15) is 21.9 Å². The Hall–Kier alpha value is -2.47. The van der Waals surface area contributed by atoms with Crippen molar-refractivity contribution in [2.45, 2.75) is 13.5 Å². The number of hydrogen-bond acceptors (Lipinski definition) is 5. The first kappa shape index (κ1) is 14.9. The molecular formula is C15H17N3O3. The summed E-state index contributed by atoms with van der Waals surface area (Å²) in [6.45, 7) is 3.68. The first-order valence-electron chi connectivity index (χ1n) is 6.60. The van der Waals surface area contributed by atoms with Gasteiger partial charge in [0.15, 0.2) is 0 Å². The minimum atomic E-state index is -0.941. The van der Waals surface area contributed by atoms with Crippen molar-refractivity contribution < 1.29 is 14.6 Å². The molecule has 1 aromatic carbocycles. The van der Waals surface area contributed by atoms with Crippen molar-refractivity contribution >= 4 is 5.97 Å². The molecule has 2 N–H and O–H groups in total. The number of aromatic carboxylic acids is 1. The second-order valence-corrected chi connectivity index (χ2v) is 4.45. The Morgan fingerprint density at radius 1 is 1.29 bits per heavy atom. The third-order valence-electron chi connectivity index (χ3n) is 2.79. The van der Waals surface area contributed by atoms with Gasteiger partial charge >= 0.3 is 5.97 Å². The van der Waals surface area contributed by atoms with Crippen LogP contribution in [-0.2, 0) is 6.54 Å². The number of nitrogens with one attached hydrogen (secondary N) is 1. The van der Waals surface area contributed by atoms with E-state index in [1.165, 1.54) is 12.1 Å². The molecule has 0 radical (unpaired) electrons. The van der Waals surface area contributed by atoms with Gasteiger partial charge in [-0.1, -0.05) is 0 Å². The van der Waals surface area contributed by atoms with Gasteiger partial charge in [0, 0.05) is 19.3 Å². The summed E-state index contributed by atoms with van der Waals surface area (Å²) < 4.78 is 5.51. The minimum Gasteiger partial charge on any atom is -0.492 e. The van der Waals surface area contributed by atoms with Gasteiger partial charge in [-0.05, 0) is 37.3 Å². The number of rotatable bonds is 7. The van der Waals surface area contributed by atoms with Gasteiger partial charge in [-0.3, -0.25) is 0 Å². The molecule has 0 aliphatic carbocycles. The third kappa shape index (κ3) is 4.85. The number of hydrogen-bond donors (Lipinski definition) is 2. The highest BCUT2D eigenvalue weighted by molar-refractivity contribution is 5.87. The molecule has 0 fully saturated rings. The van der Waals surface area contributed by atoms with Gasteiger partial charge in [0.2, 0.25) is 0 Å². The standard InChI is InChI=1S/C15H17N3O3/c1-11-17-7-6-13(18-11)10-16-8-9-21-14-4-2-12(3-5-14)15(19)20/h2-7,16H,8-10H2,1H3,(H,19,20). The summed E-state index contributed by atoms with van der Waals surface area (Å²) in [5, 5.41) is 12.0. The topological polar surface area (TPSA) is 84.3 Å². The van der Waals surface area contributed by atoms with Crippen molar-refractivity contribution in [1.82, 2.24) is 15.3 Å². The fourth-order valence-corrected chi connectivity index (χ4v) is 1.75. The van der Waals surface area contributed by atoms with Crippen LogP contribution in [0.4, 0.5) is 0 Å². The van der Waals surface area contributed by atoms with Crippen LogP contribution >= 0.6 is 0 Å². The zero-order valence-corrected chi connectivity index (χ0v) is 11.7. The first-order chi connectivity index (χ1) is 10.1. The molecule has 0 saturated carbocycles. The summed E-state index contributed by atoms with van der Waals surface area (Å²) in [7, 11) is 0. The van der Waals surface area contributed by atoms with Gasteiger partial charge in [-0.2, -0.15) is 0 Å². The van der Waals surface area contributed by atoms with Gasteiger partial charge < -0.3 is 15.2 Å². The summed E-state index contributed by atoms with van der Waals surface area (Å²) in [6, 6.07) is 8.21. The average molecular weight is 287 g/mol. The van der Waals surface area contributed by atoms with Crippen LogP contribution in [0.5, 0.6) is 5.75 Å². The van der Waals surface area contributed by atoms with E-state index >= 15 is 0 Å². The Morgan fingerprint density at radius 2 is 2.05 bits per heavy atom. The average Bonchev–Trinajstić information content (AvgIpc) is 2.47. The van der Waals surface area contributed by atoms with Crippen LogP contribution in [0.25, 0.3) is 0 Å². The smallest absolute Gasteiger partial charge is 0.335 e. The number of aryl methyl sites for hydroxylation is 1. The van der Waals surface area contributed by atoms with Crippen LogP contribution < -0.4 is 10.1 Å². The maximum atomic E-state index is 10.7.